The summed E-state index contributed by atoms with van der Waals surface area (Å²) in [6.45, 7) is 2.29. The normalized spacial score (nSPS) is 19.3. The second-order valence-electron chi connectivity index (χ2n) is 5.59. The van der Waals surface area contributed by atoms with E-state index in [1.54, 1.807) is 17.6 Å². The van der Waals surface area contributed by atoms with Gasteiger partial charge in [0.2, 0.25) is 0 Å². The first-order valence-corrected chi connectivity index (χ1v) is 8.48. The molecule has 2 aromatic rings. The molecule has 2 nitrogen and oxygen atoms in total. The molecule has 0 saturated heterocycles. The Bertz CT molecular complexity index is 530. The van der Waals surface area contributed by atoms with E-state index in [1.807, 2.05) is 18.2 Å². The molecule has 2 unspecified atom stereocenters. The zero-order valence-corrected chi connectivity index (χ0v) is 13.2. The second-order valence-corrected chi connectivity index (χ2v) is 7.34. The van der Waals surface area contributed by atoms with Crippen LogP contribution < -0.4 is 5.32 Å². The van der Waals surface area contributed by atoms with Crippen molar-refractivity contribution in [3.05, 3.63) is 45.5 Å². The van der Waals surface area contributed by atoms with Crippen LogP contribution in [0, 0.1) is 5.92 Å². The van der Waals surface area contributed by atoms with Crippen LogP contribution in [0.1, 0.15) is 49.3 Å². The van der Waals surface area contributed by atoms with E-state index in [9.17, 15) is 0 Å². The van der Waals surface area contributed by atoms with Crippen LogP contribution in [-0.2, 0) is 0 Å². The summed E-state index contributed by atoms with van der Waals surface area (Å²) >= 11 is 7.71. The van der Waals surface area contributed by atoms with Gasteiger partial charge in [0.1, 0.15) is 11.8 Å². The second kappa shape index (κ2) is 6.33. The minimum Gasteiger partial charge on any atom is -0.467 e. The molecule has 1 aliphatic carbocycles. The number of hydrogen-bond donors (Lipinski definition) is 1. The zero-order chi connectivity index (χ0) is 13.9. The molecule has 4 heteroatoms. The number of thiophene rings is 1. The number of furan rings is 1. The van der Waals surface area contributed by atoms with Gasteiger partial charge in [-0.2, -0.15) is 0 Å². The first-order valence-electron chi connectivity index (χ1n) is 7.28. The van der Waals surface area contributed by atoms with Gasteiger partial charge in [0.15, 0.2) is 0 Å². The molecule has 0 bridgehead atoms. The van der Waals surface area contributed by atoms with E-state index < -0.39 is 0 Å². The highest BCUT2D eigenvalue weighted by Crippen LogP contribution is 2.34. The van der Waals surface area contributed by atoms with E-state index in [2.05, 4.69) is 18.3 Å². The molecule has 0 radical (unpaired) electrons. The lowest BCUT2D eigenvalue weighted by molar-refractivity contribution is 0.339. The minimum absolute atomic E-state index is 0.109. The van der Waals surface area contributed by atoms with Crippen LogP contribution >= 0.6 is 22.9 Å². The van der Waals surface area contributed by atoms with Gasteiger partial charge in [-0.1, -0.05) is 24.4 Å². The molecule has 3 rings (SSSR count). The first kappa shape index (κ1) is 14.2. The van der Waals surface area contributed by atoms with E-state index in [-0.39, 0.29) is 6.04 Å². The third-order valence-electron chi connectivity index (χ3n) is 4.24. The van der Waals surface area contributed by atoms with Crippen LogP contribution in [0.3, 0.4) is 0 Å². The van der Waals surface area contributed by atoms with Gasteiger partial charge < -0.3 is 9.73 Å². The van der Waals surface area contributed by atoms with Crippen molar-refractivity contribution in [2.75, 3.05) is 0 Å². The van der Waals surface area contributed by atoms with E-state index in [4.69, 9.17) is 16.0 Å². The van der Waals surface area contributed by atoms with Gasteiger partial charge in [-0.05, 0) is 49.9 Å². The Morgan fingerprint density at radius 3 is 2.70 bits per heavy atom. The van der Waals surface area contributed by atoms with Gasteiger partial charge in [-0.15, -0.1) is 11.3 Å². The Labute approximate surface area is 129 Å². The molecule has 0 aromatic carbocycles. The van der Waals surface area contributed by atoms with E-state index in [0.29, 0.717) is 6.04 Å². The largest absolute Gasteiger partial charge is 0.467 e. The lowest BCUT2D eigenvalue weighted by Gasteiger charge is -2.25. The van der Waals surface area contributed by atoms with Gasteiger partial charge in [0, 0.05) is 10.9 Å². The zero-order valence-electron chi connectivity index (χ0n) is 11.6. The van der Waals surface area contributed by atoms with Crippen LogP contribution in [0.15, 0.2) is 34.9 Å². The van der Waals surface area contributed by atoms with E-state index >= 15 is 0 Å². The third kappa shape index (κ3) is 3.11. The molecular formula is C16H20ClNOS. The highest BCUT2D eigenvalue weighted by atomic mass is 35.5. The van der Waals surface area contributed by atoms with E-state index in [1.165, 1.54) is 30.6 Å². The number of halogens is 1. The molecule has 1 N–H and O–H groups in total. The fourth-order valence-corrected chi connectivity index (χ4v) is 4.23. The number of rotatable bonds is 5. The molecule has 2 atom stereocenters. The van der Waals surface area contributed by atoms with Gasteiger partial charge in [-0.25, -0.2) is 0 Å². The quantitative estimate of drug-likeness (QED) is 0.815. The lowest BCUT2D eigenvalue weighted by Crippen LogP contribution is -2.35. The van der Waals surface area contributed by atoms with Crippen LogP contribution in [0.5, 0.6) is 0 Å². The summed E-state index contributed by atoms with van der Waals surface area (Å²) in [6, 6.07) is 8.63. The average molecular weight is 310 g/mol. The topological polar surface area (TPSA) is 25.2 Å². The standard InChI is InChI=1S/C16H20ClNOS/c1-11(12-5-2-3-6-12)18-16(13-7-4-10-19-13)14-8-9-15(17)20-14/h4,7-12,16,18H,2-3,5-6H2,1H3. The Morgan fingerprint density at radius 2 is 2.10 bits per heavy atom. The minimum atomic E-state index is 0.109. The monoisotopic (exact) mass is 309 g/mol. The Balaban J connectivity index is 1.79. The van der Waals surface area contributed by atoms with Crippen LogP contribution in [0.4, 0.5) is 0 Å². The highest BCUT2D eigenvalue weighted by Gasteiger charge is 2.26. The SMILES string of the molecule is CC(NC(c1ccco1)c1ccc(Cl)s1)C1CCCC1. The summed E-state index contributed by atoms with van der Waals surface area (Å²) in [7, 11) is 0. The van der Waals surface area contributed by atoms with Crippen molar-refractivity contribution >= 4 is 22.9 Å². The van der Waals surface area contributed by atoms with Crippen molar-refractivity contribution < 1.29 is 4.42 Å². The Morgan fingerprint density at radius 1 is 1.30 bits per heavy atom. The summed E-state index contributed by atoms with van der Waals surface area (Å²) in [5.74, 6) is 1.75. The fraction of sp³-hybridized carbons (Fsp3) is 0.500. The average Bonchev–Trinajstić information content (AvgIpc) is 3.17. The van der Waals surface area contributed by atoms with Gasteiger partial charge >= 0.3 is 0 Å². The fourth-order valence-electron chi connectivity index (χ4n) is 3.10. The smallest absolute Gasteiger partial charge is 0.126 e. The van der Waals surface area contributed by atoms with Crippen LogP contribution in [0.2, 0.25) is 4.34 Å². The van der Waals surface area contributed by atoms with E-state index in [0.717, 1.165) is 16.0 Å². The predicted molar refractivity (Wildman–Crippen MR) is 84.4 cm³/mol. The molecular weight excluding hydrogens is 290 g/mol. The molecule has 1 aliphatic rings. The molecule has 0 aliphatic heterocycles. The molecule has 2 aromatic heterocycles. The maximum absolute atomic E-state index is 6.09. The van der Waals surface area contributed by atoms with Gasteiger partial charge in [0.05, 0.1) is 10.6 Å². The predicted octanol–water partition coefficient (Wildman–Crippen LogP) is 5.25. The highest BCUT2D eigenvalue weighted by molar-refractivity contribution is 7.16. The molecule has 108 valence electrons. The summed E-state index contributed by atoms with van der Waals surface area (Å²) in [5, 5.41) is 3.75. The van der Waals surface area contributed by atoms with Gasteiger partial charge in [-0.3, -0.25) is 0 Å². The summed E-state index contributed by atoms with van der Waals surface area (Å²) < 4.78 is 6.45. The van der Waals surface area contributed by atoms with Crippen LogP contribution in [0.25, 0.3) is 0 Å². The maximum atomic E-state index is 6.09. The maximum Gasteiger partial charge on any atom is 0.126 e. The van der Waals surface area contributed by atoms with Crippen molar-refractivity contribution in [2.45, 2.75) is 44.7 Å². The Kier molecular flexibility index (Phi) is 4.49. The summed E-state index contributed by atoms with van der Waals surface area (Å²) in [4.78, 5) is 1.22. The van der Waals surface area contributed by atoms with Crippen LogP contribution in [-0.4, -0.2) is 6.04 Å². The summed E-state index contributed by atoms with van der Waals surface area (Å²) in [5.41, 5.74) is 0. The van der Waals surface area contributed by atoms with Crippen molar-refractivity contribution in [3.8, 4) is 0 Å². The third-order valence-corrected chi connectivity index (χ3v) is 5.54. The molecule has 20 heavy (non-hydrogen) atoms. The number of nitrogens with one attached hydrogen (secondary N) is 1. The van der Waals surface area contributed by atoms with Crippen molar-refractivity contribution in [2.24, 2.45) is 5.92 Å². The molecule has 2 heterocycles. The molecule has 0 spiro atoms. The molecule has 1 saturated carbocycles. The lowest BCUT2D eigenvalue weighted by atomic mass is 9.98. The molecule has 0 amide bonds. The number of hydrogen-bond acceptors (Lipinski definition) is 3. The van der Waals surface area contributed by atoms with Crippen molar-refractivity contribution in [3.63, 3.8) is 0 Å². The van der Waals surface area contributed by atoms with Crippen molar-refractivity contribution in [1.29, 1.82) is 0 Å². The summed E-state index contributed by atoms with van der Waals surface area (Å²) in [6.07, 6.45) is 7.15. The van der Waals surface area contributed by atoms with Crippen molar-refractivity contribution in [1.82, 2.24) is 5.32 Å². The molecule has 1 fully saturated rings. The Hall–Kier alpha value is -0.770. The van der Waals surface area contributed by atoms with Gasteiger partial charge in [0.25, 0.3) is 0 Å². The first-order chi connectivity index (χ1) is 9.74.